The predicted molar refractivity (Wildman–Crippen MR) is 46.7 cm³/mol. The molecular weight excluding hydrogens is 196 g/mol. The maximum atomic E-state index is 11.3. The van der Waals surface area contributed by atoms with E-state index in [1.165, 1.54) is 0 Å². The molecule has 13 heavy (non-hydrogen) atoms. The number of nitrogens with one attached hydrogen (secondary N) is 2. The Labute approximate surface area is 81.6 Å². The van der Waals surface area contributed by atoms with Gasteiger partial charge in [0.15, 0.2) is 5.60 Å². The lowest BCUT2D eigenvalue weighted by Crippen LogP contribution is -2.47. The van der Waals surface area contributed by atoms with Gasteiger partial charge in [-0.25, -0.2) is 4.79 Å². The molecule has 2 saturated heterocycles. The lowest BCUT2D eigenvalue weighted by atomic mass is 9.92. The Hall–Kier alpha value is -0.810. The van der Waals surface area contributed by atoms with Gasteiger partial charge in [-0.15, -0.1) is 12.4 Å². The molecule has 2 N–H and O–H groups in total. The highest BCUT2D eigenvalue weighted by atomic mass is 35.5. The molecule has 0 atom stereocenters. The van der Waals surface area contributed by atoms with Crippen molar-refractivity contribution < 1.29 is 14.3 Å². The van der Waals surface area contributed by atoms with E-state index in [-0.39, 0.29) is 18.3 Å². The second kappa shape index (κ2) is 3.51. The van der Waals surface area contributed by atoms with Crippen molar-refractivity contribution >= 4 is 24.4 Å². The van der Waals surface area contributed by atoms with E-state index in [9.17, 15) is 9.59 Å². The fourth-order valence-corrected chi connectivity index (χ4v) is 1.62. The van der Waals surface area contributed by atoms with Gasteiger partial charge < -0.3 is 10.1 Å². The zero-order valence-electron chi connectivity index (χ0n) is 6.96. The summed E-state index contributed by atoms with van der Waals surface area (Å²) in [7, 11) is 0. The summed E-state index contributed by atoms with van der Waals surface area (Å²) >= 11 is 0. The summed E-state index contributed by atoms with van der Waals surface area (Å²) in [5.41, 5.74) is -0.859. The number of carbonyl (C=O) groups excluding carboxylic acids is 2. The van der Waals surface area contributed by atoms with Crippen LogP contribution in [0.3, 0.4) is 0 Å². The molecule has 2 heterocycles. The zero-order chi connectivity index (χ0) is 8.60. The van der Waals surface area contributed by atoms with Gasteiger partial charge >= 0.3 is 6.09 Å². The van der Waals surface area contributed by atoms with Gasteiger partial charge in [-0.3, -0.25) is 10.1 Å². The van der Waals surface area contributed by atoms with Crippen LogP contribution in [-0.4, -0.2) is 30.7 Å². The van der Waals surface area contributed by atoms with Crippen LogP contribution in [0.2, 0.25) is 0 Å². The Morgan fingerprint density at radius 3 is 2.31 bits per heavy atom. The summed E-state index contributed by atoms with van der Waals surface area (Å²) in [6, 6.07) is 0. The Morgan fingerprint density at radius 2 is 1.85 bits per heavy atom. The standard InChI is InChI=1S/C7H10N2O3.ClH/c10-5-7(12-6(11)9-5)1-3-8-4-2-7;/h8H,1-4H2,(H,9,10,11);1H. The number of amides is 2. The van der Waals surface area contributed by atoms with Crippen molar-refractivity contribution in [3.8, 4) is 0 Å². The van der Waals surface area contributed by atoms with Crippen LogP contribution in [0.5, 0.6) is 0 Å². The number of piperidine rings is 1. The Morgan fingerprint density at radius 1 is 1.23 bits per heavy atom. The van der Waals surface area contributed by atoms with Crippen LogP contribution >= 0.6 is 12.4 Å². The molecular formula is C7H11ClN2O3. The lowest BCUT2D eigenvalue weighted by Gasteiger charge is -2.28. The summed E-state index contributed by atoms with van der Waals surface area (Å²) in [5, 5.41) is 5.25. The van der Waals surface area contributed by atoms with Crippen molar-refractivity contribution in [1.82, 2.24) is 10.6 Å². The molecule has 0 unspecified atom stereocenters. The lowest BCUT2D eigenvalue weighted by molar-refractivity contribution is -0.133. The quantitative estimate of drug-likeness (QED) is 0.576. The van der Waals surface area contributed by atoms with Crippen molar-refractivity contribution in [3.05, 3.63) is 0 Å². The van der Waals surface area contributed by atoms with Crippen molar-refractivity contribution in [2.45, 2.75) is 18.4 Å². The molecule has 74 valence electrons. The third kappa shape index (κ3) is 1.62. The summed E-state index contributed by atoms with van der Waals surface area (Å²) in [6.45, 7) is 1.45. The molecule has 0 aromatic carbocycles. The third-order valence-electron chi connectivity index (χ3n) is 2.33. The number of rotatable bonds is 0. The Balaban J connectivity index is 0.000000845. The molecule has 2 aliphatic heterocycles. The normalized spacial score (nSPS) is 24.9. The molecule has 2 fully saturated rings. The molecule has 5 nitrogen and oxygen atoms in total. The minimum atomic E-state index is -0.859. The van der Waals surface area contributed by atoms with E-state index < -0.39 is 11.7 Å². The predicted octanol–water partition coefficient (Wildman–Crippen LogP) is -0.203. The number of hydrogen-bond donors (Lipinski definition) is 2. The highest BCUT2D eigenvalue weighted by Gasteiger charge is 2.49. The van der Waals surface area contributed by atoms with E-state index in [0.29, 0.717) is 12.8 Å². The molecule has 0 saturated carbocycles. The number of carbonyl (C=O) groups is 2. The smallest absolute Gasteiger partial charge is 0.415 e. The molecule has 0 aliphatic carbocycles. The average Bonchev–Trinajstić information content (AvgIpc) is 2.29. The summed E-state index contributed by atoms with van der Waals surface area (Å²) < 4.78 is 4.96. The van der Waals surface area contributed by atoms with Gasteiger partial charge in [0.05, 0.1) is 0 Å². The number of halogens is 1. The Bertz CT molecular complexity index is 238. The third-order valence-corrected chi connectivity index (χ3v) is 2.33. The number of imide groups is 1. The van der Waals surface area contributed by atoms with Crippen LogP contribution in [0.15, 0.2) is 0 Å². The maximum Gasteiger partial charge on any atom is 0.415 e. The number of hydrogen-bond acceptors (Lipinski definition) is 4. The highest BCUT2D eigenvalue weighted by Crippen LogP contribution is 2.27. The largest absolute Gasteiger partial charge is 0.432 e. The fourth-order valence-electron chi connectivity index (χ4n) is 1.62. The molecule has 0 radical (unpaired) electrons. The van der Waals surface area contributed by atoms with Crippen LogP contribution in [0.4, 0.5) is 4.79 Å². The van der Waals surface area contributed by atoms with E-state index in [4.69, 9.17) is 4.74 Å². The first-order chi connectivity index (χ1) is 5.73. The van der Waals surface area contributed by atoms with E-state index in [2.05, 4.69) is 10.6 Å². The van der Waals surface area contributed by atoms with E-state index in [1.54, 1.807) is 0 Å². The molecule has 2 aliphatic rings. The average molecular weight is 207 g/mol. The summed E-state index contributed by atoms with van der Waals surface area (Å²) in [5.74, 6) is -0.283. The van der Waals surface area contributed by atoms with Crippen molar-refractivity contribution in [2.75, 3.05) is 13.1 Å². The monoisotopic (exact) mass is 206 g/mol. The molecule has 0 bridgehead atoms. The zero-order valence-corrected chi connectivity index (χ0v) is 7.78. The van der Waals surface area contributed by atoms with Crippen molar-refractivity contribution in [2.24, 2.45) is 0 Å². The first kappa shape index (κ1) is 10.3. The molecule has 2 rings (SSSR count). The van der Waals surface area contributed by atoms with Crippen LogP contribution in [0.1, 0.15) is 12.8 Å². The molecule has 1 spiro atoms. The van der Waals surface area contributed by atoms with Crippen LogP contribution in [0.25, 0.3) is 0 Å². The molecule has 6 heteroatoms. The second-order valence-corrected chi connectivity index (χ2v) is 3.09. The second-order valence-electron chi connectivity index (χ2n) is 3.09. The first-order valence-corrected chi connectivity index (χ1v) is 3.98. The molecule has 0 aromatic heterocycles. The van der Waals surface area contributed by atoms with Crippen molar-refractivity contribution in [1.29, 1.82) is 0 Å². The SMILES string of the molecule is Cl.O=C1NC(=O)C2(CCNCC2)O1. The van der Waals surface area contributed by atoms with Crippen LogP contribution in [0, 0.1) is 0 Å². The van der Waals surface area contributed by atoms with Gasteiger partial charge in [0, 0.05) is 12.8 Å². The maximum absolute atomic E-state index is 11.3. The van der Waals surface area contributed by atoms with Crippen molar-refractivity contribution in [3.63, 3.8) is 0 Å². The molecule has 2 amide bonds. The minimum absolute atomic E-state index is 0. The Kier molecular flexibility index (Phi) is 2.77. The van der Waals surface area contributed by atoms with E-state index in [1.807, 2.05) is 0 Å². The minimum Gasteiger partial charge on any atom is -0.432 e. The van der Waals surface area contributed by atoms with Crippen LogP contribution < -0.4 is 10.6 Å². The van der Waals surface area contributed by atoms with Gasteiger partial charge in [0.2, 0.25) is 0 Å². The number of ether oxygens (including phenoxy) is 1. The van der Waals surface area contributed by atoms with Gasteiger partial charge in [0.1, 0.15) is 0 Å². The topological polar surface area (TPSA) is 67.4 Å². The van der Waals surface area contributed by atoms with Gasteiger partial charge in [-0.05, 0) is 13.1 Å². The number of alkyl carbamates (subject to hydrolysis) is 1. The summed E-state index contributed by atoms with van der Waals surface area (Å²) in [6.07, 6.45) is 0.539. The fraction of sp³-hybridized carbons (Fsp3) is 0.714. The highest BCUT2D eigenvalue weighted by molar-refractivity contribution is 6.02. The summed E-state index contributed by atoms with van der Waals surface area (Å²) in [4.78, 5) is 22.0. The van der Waals surface area contributed by atoms with Gasteiger partial charge in [-0.2, -0.15) is 0 Å². The van der Waals surface area contributed by atoms with Gasteiger partial charge in [0.25, 0.3) is 5.91 Å². The van der Waals surface area contributed by atoms with Crippen LogP contribution in [-0.2, 0) is 9.53 Å². The van der Waals surface area contributed by atoms with Gasteiger partial charge in [-0.1, -0.05) is 0 Å². The van der Waals surface area contributed by atoms with E-state index >= 15 is 0 Å². The molecule has 0 aromatic rings. The van der Waals surface area contributed by atoms with E-state index in [0.717, 1.165) is 13.1 Å². The first-order valence-electron chi connectivity index (χ1n) is 3.98.